The van der Waals surface area contributed by atoms with Crippen LogP contribution in [0.3, 0.4) is 0 Å². The van der Waals surface area contributed by atoms with Crippen molar-refractivity contribution in [2.75, 3.05) is 19.8 Å². The summed E-state index contributed by atoms with van der Waals surface area (Å²) in [5.74, 6) is -0.235. The zero-order valence-corrected chi connectivity index (χ0v) is 18.7. The molecule has 5 nitrogen and oxygen atoms in total. The quantitative estimate of drug-likeness (QED) is 0.364. The van der Waals surface area contributed by atoms with Gasteiger partial charge in [0.05, 0.1) is 30.9 Å². The Labute approximate surface area is 191 Å². The topological polar surface area (TPSA) is 81.8 Å². The average Bonchev–Trinajstić information content (AvgIpc) is 2.81. The number of halogens is 3. The first-order valence-electron chi connectivity index (χ1n) is 10.4. The highest BCUT2D eigenvalue weighted by Crippen LogP contribution is 2.37. The minimum Gasteiger partial charge on any atom is -0.493 e. The van der Waals surface area contributed by atoms with Crippen LogP contribution in [0, 0.1) is 0 Å². The van der Waals surface area contributed by atoms with Gasteiger partial charge < -0.3 is 15.6 Å². The molecular formula is C24H25F3NO4P. The van der Waals surface area contributed by atoms with Crippen LogP contribution in [0.2, 0.25) is 0 Å². The second-order valence-corrected chi connectivity index (χ2v) is 8.38. The number of benzene rings is 3. The van der Waals surface area contributed by atoms with E-state index in [2.05, 4.69) is 0 Å². The molecule has 3 aromatic rings. The Morgan fingerprint density at radius 1 is 0.939 bits per heavy atom. The van der Waals surface area contributed by atoms with Gasteiger partial charge in [-0.15, -0.1) is 0 Å². The third-order valence-electron chi connectivity index (χ3n) is 5.44. The molecule has 0 amide bonds. The number of hydrogen-bond donors (Lipinski definition) is 2. The molecule has 0 saturated carbocycles. The molecule has 3 aromatic carbocycles. The normalized spacial score (nSPS) is 13.8. The molecule has 0 saturated heterocycles. The first kappa shape index (κ1) is 25.1. The third kappa shape index (κ3) is 6.98. The molecule has 3 rings (SSSR count). The minimum atomic E-state index is -4.59. The lowest BCUT2D eigenvalue weighted by Gasteiger charge is -2.25. The van der Waals surface area contributed by atoms with E-state index in [1.54, 1.807) is 6.07 Å². The van der Waals surface area contributed by atoms with Crippen LogP contribution < -0.4 is 10.5 Å². The van der Waals surface area contributed by atoms with Crippen molar-refractivity contribution in [1.82, 2.24) is 0 Å². The van der Waals surface area contributed by atoms with Crippen LogP contribution in [0.5, 0.6) is 5.75 Å². The molecule has 0 fully saturated rings. The van der Waals surface area contributed by atoms with Gasteiger partial charge in [-0.1, -0.05) is 48.5 Å². The molecule has 9 heteroatoms. The molecule has 0 aliphatic carbocycles. The molecule has 0 spiro atoms. The number of fused-ring (bicyclic) bond motifs is 1. The van der Waals surface area contributed by atoms with E-state index in [4.69, 9.17) is 15.0 Å². The summed E-state index contributed by atoms with van der Waals surface area (Å²) in [7, 11) is -0.578. The van der Waals surface area contributed by atoms with Gasteiger partial charge in [-0.3, -0.25) is 4.52 Å². The lowest BCUT2D eigenvalue weighted by molar-refractivity contribution is -0.139. The van der Waals surface area contributed by atoms with Crippen LogP contribution in [0.1, 0.15) is 23.1 Å². The Bertz CT molecular complexity index is 1090. The molecule has 3 N–H and O–H groups in total. The first-order valence-corrected chi connectivity index (χ1v) is 11.1. The van der Waals surface area contributed by atoms with E-state index in [0.29, 0.717) is 12.0 Å². The SMILES string of the molecule is NC(CO)(CCc1ccc(OCCc2ccc3ccccc3c2)c(C(F)(F)F)c1)COP=O. The second kappa shape index (κ2) is 11.1. The maximum Gasteiger partial charge on any atom is 0.419 e. The Kier molecular flexibility index (Phi) is 8.43. The fourth-order valence-corrected chi connectivity index (χ4v) is 3.81. The summed E-state index contributed by atoms with van der Waals surface area (Å²) >= 11 is 0. The number of rotatable bonds is 11. The maximum atomic E-state index is 13.7. The summed E-state index contributed by atoms with van der Waals surface area (Å²) in [5, 5.41) is 11.6. The van der Waals surface area contributed by atoms with Crippen molar-refractivity contribution in [1.29, 1.82) is 0 Å². The van der Waals surface area contributed by atoms with Gasteiger partial charge in [-0.05, 0) is 46.9 Å². The predicted molar refractivity (Wildman–Crippen MR) is 120 cm³/mol. The predicted octanol–water partition coefficient (Wildman–Crippen LogP) is 5.33. The Hall–Kier alpha value is -2.51. The molecule has 1 unspecified atom stereocenters. The number of nitrogens with two attached hydrogens (primary N) is 1. The summed E-state index contributed by atoms with van der Waals surface area (Å²) in [6, 6.07) is 17.7. The number of aliphatic hydroxyl groups excluding tert-OH is 1. The molecule has 33 heavy (non-hydrogen) atoms. The zero-order valence-electron chi connectivity index (χ0n) is 17.8. The molecule has 1 atom stereocenters. The fourth-order valence-electron chi connectivity index (χ4n) is 3.50. The summed E-state index contributed by atoms with van der Waals surface area (Å²) < 4.78 is 61.7. The Morgan fingerprint density at radius 2 is 1.64 bits per heavy atom. The Morgan fingerprint density at radius 3 is 2.33 bits per heavy atom. The van der Waals surface area contributed by atoms with Crippen molar-refractivity contribution in [3.05, 3.63) is 77.4 Å². The monoisotopic (exact) mass is 479 g/mol. The standard InChI is InChI=1S/C24H25F3NO4P/c25-24(26,27)21-14-17(9-11-23(28,15-29)16-32-33-30)6-8-22(21)31-12-10-18-5-7-19-3-1-2-4-20(19)13-18/h1-8,13-14,29H,9-12,15-16,28H2. The fraction of sp³-hybridized carbons (Fsp3) is 0.333. The number of ether oxygens (including phenoxy) is 1. The molecule has 0 heterocycles. The number of aliphatic hydroxyl groups is 1. The highest BCUT2D eigenvalue weighted by molar-refractivity contribution is 7.17. The average molecular weight is 479 g/mol. The van der Waals surface area contributed by atoms with Gasteiger partial charge in [-0.25, -0.2) is 4.57 Å². The summed E-state index contributed by atoms with van der Waals surface area (Å²) in [4.78, 5) is 0. The lowest BCUT2D eigenvalue weighted by Crippen LogP contribution is -2.47. The Balaban J connectivity index is 1.67. The van der Waals surface area contributed by atoms with Gasteiger partial charge >= 0.3 is 14.9 Å². The van der Waals surface area contributed by atoms with Gasteiger partial charge in [0.25, 0.3) is 0 Å². The first-order chi connectivity index (χ1) is 15.7. The van der Waals surface area contributed by atoms with E-state index in [1.165, 1.54) is 6.07 Å². The van der Waals surface area contributed by atoms with Crippen molar-refractivity contribution in [3.8, 4) is 5.75 Å². The summed E-state index contributed by atoms with van der Waals surface area (Å²) in [6.07, 6.45) is -3.79. The van der Waals surface area contributed by atoms with Crippen LogP contribution in [-0.4, -0.2) is 30.5 Å². The van der Waals surface area contributed by atoms with Crippen molar-refractivity contribution in [2.24, 2.45) is 5.73 Å². The van der Waals surface area contributed by atoms with Crippen LogP contribution >= 0.6 is 8.69 Å². The van der Waals surface area contributed by atoms with Gasteiger partial charge in [0.2, 0.25) is 0 Å². The third-order valence-corrected chi connectivity index (χ3v) is 5.68. The van der Waals surface area contributed by atoms with Gasteiger partial charge in [0.1, 0.15) is 5.75 Å². The smallest absolute Gasteiger partial charge is 0.419 e. The van der Waals surface area contributed by atoms with E-state index in [1.807, 2.05) is 42.5 Å². The van der Waals surface area contributed by atoms with E-state index < -0.39 is 32.6 Å². The van der Waals surface area contributed by atoms with E-state index in [9.17, 15) is 22.8 Å². The van der Waals surface area contributed by atoms with Gasteiger partial charge in [0, 0.05) is 6.42 Å². The maximum absolute atomic E-state index is 13.7. The largest absolute Gasteiger partial charge is 0.493 e. The highest BCUT2D eigenvalue weighted by Gasteiger charge is 2.35. The number of aryl methyl sites for hydroxylation is 1. The summed E-state index contributed by atoms with van der Waals surface area (Å²) in [5.41, 5.74) is 5.28. The van der Waals surface area contributed by atoms with E-state index >= 15 is 0 Å². The minimum absolute atomic E-state index is 0.100. The highest BCUT2D eigenvalue weighted by atomic mass is 31.1. The van der Waals surface area contributed by atoms with Crippen LogP contribution in [-0.2, 0) is 28.1 Å². The van der Waals surface area contributed by atoms with Crippen molar-refractivity contribution >= 4 is 19.5 Å². The van der Waals surface area contributed by atoms with Crippen molar-refractivity contribution in [2.45, 2.75) is 31.0 Å². The van der Waals surface area contributed by atoms with Crippen LogP contribution in [0.25, 0.3) is 10.8 Å². The van der Waals surface area contributed by atoms with Crippen molar-refractivity contribution in [3.63, 3.8) is 0 Å². The summed E-state index contributed by atoms with van der Waals surface area (Å²) in [6.45, 7) is -0.537. The van der Waals surface area contributed by atoms with E-state index in [-0.39, 0.29) is 31.8 Å². The molecule has 0 radical (unpaired) electrons. The molecule has 176 valence electrons. The number of hydrogen-bond acceptors (Lipinski definition) is 5. The molecule has 0 aliphatic rings. The zero-order chi connectivity index (χ0) is 23.9. The van der Waals surface area contributed by atoms with Gasteiger partial charge in [-0.2, -0.15) is 13.2 Å². The lowest BCUT2D eigenvalue weighted by atomic mass is 9.93. The van der Waals surface area contributed by atoms with Crippen molar-refractivity contribution < 1.29 is 32.1 Å². The molecule has 0 aromatic heterocycles. The molecular weight excluding hydrogens is 454 g/mol. The molecule has 0 aliphatic heterocycles. The second-order valence-electron chi connectivity index (χ2n) is 7.98. The van der Waals surface area contributed by atoms with Crippen LogP contribution in [0.15, 0.2) is 60.7 Å². The number of alkyl halides is 3. The van der Waals surface area contributed by atoms with E-state index in [0.717, 1.165) is 22.4 Å². The molecule has 0 bridgehead atoms. The van der Waals surface area contributed by atoms with Crippen LogP contribution in [0.4, 0.5) is 13.2 Å². The van der Waals surface area contributed by atoms with Gasteiger partial charge in [0.15, 0.2) is 0 Å².